The van der Waals surface area contributed by atoms with Crippen molar-refractivity contribution in [1.29, 1.82) is 0 Å². The summed E-state index contributed by atoms with van der Waals surface area (Å²) in [5.41, 5.74) is 1.96. The van der Waals surface area contributed by atoms with Gasteiger partial charge in [-0.15, -0.1) is 0 Å². The lowest BCUT2D eigenvalue weighted by Gasteiger charge is -2.16. The molecule has 3 rings (SSSR count). The maximum absolute atomic E-state index is 12.4. The molecule has 1 fully saturated rings. The van der Waals surface area contributed by atoms with E-state index >= 15 is 0 Å². The minimum atomic E-state index is -0.434. The van der Waals surface area contributed by atoms with Gasteiger partial charge in [0.05, 0.1) is 18.6 Å². The predicted molar refractivity (Wildman–Crippen MR) is 94.2 cm³/mol. The number of carbonyl (C=O) groups excluding carboxylic acids is 3. The van der Waals surface area contributed by atoms with Crippen LogP contribution in [0.3, 0.4) is 0 Å². The highest BCUT2D eigenvalue weighted by Gasteiger charge is 2.34. The molecule has 7 nitrogen and oxygen atoms in total. The van der Waals surface area contributed by atoms with E-state index in [1.807, 2.05) is 12.1 Å². The van der Waals surface area contributed by atoms with E-state index in [1.54, 1.807) is 41.6 Å². The lowest BCUT2D eigenvalue weighted by molar-refractivity contribution is -0.128. The largest absolute Gasteiger partial charge is 0.465 e. The Morgan fingerprint density at radius 1 is 1.19 bits per heavy atom. The molecular formula is C19H19N3O4. The Hall–Kier alpha value is -3.22. The number of benzene rings is 1. The molecule has 0 bridgehead atoms. The van der Waals surface area contributed by atoms with E-state index < -0.39 is 11.9 Å². The minimum absolute atomic E-state index is 0.0389. The standard InChI is InChI=1S/C19H19N3O4/c1-26-19(25)14-2-4-16(5-3-14)21-18(24)15-10-17(23)22(12-15)11-13-6-8-20-9-7-13/h2-9,15H,10-12H2,1H3,(H,21,24). The Morgan fingerprint density at radius 2 is 1.88 bits per heavy atom. The number of hydrogen-bond acceptors (Lipinski definition) is 5. The maximum atomic E-state index is 12.4. The van der Waals surface area contributed by atoms with E-state index in [4.69, 9.17) is 0 Å². The van der Waals surface area contributed by atoms with Crippen molar-refractivity contribution in [3.05, 3.63) is 59.9 Å². The number of amides is 2. The van der Waals surface area contributed by atoms with Crippen molar-refractivity contribution in [3.8, 4) is 0 Å². The molecule has 1 saturated heterocycles. The van der Waals surface area contributed by atoms with E-state index in [-0.39, 0.29) is 18.2 Å². The zero-order chi connectivity index (χ0) is 18.5. The van der Waals surface area contributed by atoms with Gasteiger partial charge in [-0.1, -0.05) is 0 Å². The van der Waals surface area contributed by atoms with Gasteiger partial charge in [-0.3, -0.25) is 14.6 Å². The molecule has 2 amide bonds. The topological polar surface area (TPSA) is 88.6 Å². The van der Waals surface area contributed by atoms with E-state index in [0.717, 1.165) is 5.56 Å². The second-order valence-electron chi connectivity index (χ2n) is 6.09. The number of pyridine rings is 1. The van der Waals surface area contributed by atoms with Gasteiger partial charge in [0.25, 0.3) is 0 Å². The number of methoxy groups -OCH3 is 1. The zero-order valence-electron chi connectivity index (χ0n) is 14.3. The average molecular weight is 353 g/mol. The summed E-state index contributed by atoms with van der Waals surface area (Å²) in [5.74, 6) is -1.08. The van der Waals surface area contributed by atoms with Gasteiger partial charge in [0.2, 0.25) is 11.8 Å². The number of ether oxygens (including phenoxy) is 1. The summed E-state index contributed by atoms with van der Waals surface area (Å²) < 4.78 is 4.64. The van der Waals surface area contributed by atoms with Crippen LogP contribution in [0, 0.1) is 5.92 Å². The fourth-order valence-corrected chi connectivity index (χ4v) is 2.86. The predicted octanol–water partition coefficient (Wildman–Crippen LogP) is 1.86. The first-order valence-corrected chi connectivity index (χ1v) is 8.22. The van der Waals surface area contributed by atoms with Crippen LogP contribution >= 0.6 is 0 Å². The summed E-state index contributed by atoms with van der Waals surface area (Å²) in [6, 6.07) is 10.1. The number of nitrogens with one attached hydrogen (secondary N) is 1. The molecule has 1 aliphatic heterocycles. The highest BCUT2D eigenvalue weighted by molar-refractivity contribution is 5.97. The third kappa shape index (κ3) is 4.05. The van der Waals surface area contributed by atoms with Gasteiger partial charge in [-0.25, -0.2) is 4.79 Å². The van der Waals surface area contributed by atoms with Crippen molar-refractivity contribution >= 4 is 23.5 Å². The molecule has 26 heavy (non-hydrogen) atoms. The number of carbonyl (C=O) groups is 3. The summed E-state index contributed by atoms with van der Waals surface area (Å²) in [4.78, 5) is 41.7. The van der Waals surface area contributed by atoms with Gasteiger partial charge in [0.1, 0.15) is 0 Å². The fraction of sp³-hybridized carbons (Fsp3) is 0.263. The summed E-state index contributed by atoms with van der Waals surface area (Å²) in [5, 5.41) is 2.79. The van der Waals surface area contributed by atoms with Crippen molar-refractivity contribution in [3.63, 3.8) is 0 Å². The van der Waals surface area contributed by atoms with Gasteiger partial charge in [-0.2, -0.15) is 0 Å². The average Bonchev–Trinajstić information content (AvgIpc) is 3.03. The Bertz CT molecular complexity index is 805. The van der Waals surface area contributed by atoms with Crippen LogP contribution < -0.4 is 5.32 Å². The van der Waals surface area contributed by atoms with Gasteiger partial charge in [0.15, 0.2) is 0 Å². The highest BCUT2D eigenvalue weighted by Crippen LogP contribution is 2.22. The molecule has 134 valence electrons. The van der Waals surface area contributed by atoms with Crippen molar-refractivity contribution in [2.45, 2.75) is 13.0 Å². The molecule has 0 saturated carbocycles. The van der Waals surface area contributed by atoms with Crippen LogP contribution in [0.1, 0.15) is 22.3 Å². The molecule has 2 aromatic rings. The van der Waals surface area contributed by atoms with Crippen molar-refractivity contribution in [1.82, 2.24) is 9.88 Å². The van der Waals surface area contributed by atoms with Crippen LogP contribution in [0.2, 0.25) is 0 Å². The van der Waals surface area contributed by atoms with Crippen LogP contribution in [0.25, 0.3) is 0 Å². The zero-order valence-corrected chi connectivity index (χ0v) is 14.3. The first kappa shape index (κ1) is 17.6. The van der Waals surface area contributed by atoms with Crippen LogP contribution in [-0.2, 0) is 20.9 Å². The normalized spacial score (nSPS) is 16.4. The Morgan fingerprint density at radius 3 is 2.54 bits per heavy atom. The number of likely N-dealkylation sites (tertiary alicyclic amines) is 1. The highest BCUT2D eigenvalue weighted by atomic mass is 16.5. The Kier molecular flexibility index (Phi) is 5.26. The Labute approximate surface area is 151 Å². The molecule has 1 unspecified atom stereocenters. The van der Waals surface area contributed by atoms with Gasteiger partial charge in [0, 0.05) is 37.6 Å². The smallest absolute Gasteiger partial charge is 0.337 e. The number of rotatable bonds is 5. The minimum Gasteiger partial charge on any atom is -0.465 e. The lowest BCUT2D eigenvalue weighted by Crippen LogP contribution is -2.28. The molecule has 1 aromatic heterocycles. The quantitative estimate of drug-likeness (QED) is 0.829. The van der Waals surface area contributed by atoms with E-state index in [2.05, 4.69) is 15.0 Å². The molecule has 0 radical (unpaired) electrons. The number of esters is 1. The molecule has 7 heteroatoms. The number of aromatic nitrogens is 1. The second kappa shape index (κ2) is 7.77. The summed E-state index contributed by atoms with van der Waals surface area (Å²) in [6.45, 7) is 0.853. The molecule has 0 aliphatic carbocycles. The van der Waals surface area contributed by atoms with Gasteiger partial charge >= 0.3 is 5.97 Å². The molecular weight excluding hydrogens is 334 g/mol. The first-order chi connectivity index (χ1) is 12.6. The Balaban J connectivity index is 1.58. The van der Waals surface area contributed by atoms with Crippen molar-refractivity contribution in [2.75, 3.05) is 19.0 Å². The number of nitrogens with zero attached hydrogens (tertiary/aromatic N) is 2. The number of anilines is 1. The molecule has 1 N–H and O–H groups in total. The maximum Gasteiger partial charge on any atom is 0.337 e. The van der Waals surface area contributed by atoms with Crippen LogP contribution in [0.5, 0.6) is 0 Å². The van der Waals surface area contributed by atoms with Crippen LogP contribution in [0.15, 0.2) is 48.8 Å². The third-order valence-corrected chi connectivity index (χ3v) is 4.28. The van der Waals surface area contributed by atoms with E-state index in [9.17, 15) is 14.4 Å². The third-order valence-electron chi connectivity index (χ3n) is 4.28. The van der Waals surface area contributed by atoms with Crippen LogP contribution in [-0.4, -0.2) is 41.3 Å². The number of hydrogen-bond donors (Lipinski definition) is 1. The van der Waals surface area contributed by atoms with Crippen LogP contribution in [0.4, 0.5) is 5.69 Å². The SMILES string of the molecule is COC(=O)c1ccc(NC(=O)C2CC(=O)N(Cc3ccncc3)C2)cc1. The second-order valence-corrected chi connectivity index (χ2v) is 6.09. The summed E-state index contributed by atoms with van der Waals surface area (Å²) >= 11 is 0. The van der Waals surface area contributed by atoms with E-state index in [0.29, 0.717) is 24.3 Å². The van der Waals surface area contributed by atoms with Gasteiger partial charge in [-0.05, 0) is 42.0 Å². The molecule has 1 atom stereocenters. The molecule has 1 aliphatic rings. The first-order valence-electron chi connectivity index (χ1n) is 8.22. The molecule has 2 heterocycles. The fourth-order valence-electron chi connectivity index (χ4n) is 2.86. The van der Waals surface area contributed by atoms with Gasteiger partial charge < -0.3 is 15.0 Å². The monoisotopic (exact) mass is 353 g/mol. The molecule has 1 aromatic carbocycles. The van der Waals surface area contributed by atoms with E-state index in [1.165, 1.54) is 7.11 Å². The molecule has 0 spiro atoms. The lowest BCUT2D eigenvalue weighted by atomic mass is 10.1. The summed E-state index contributed by atoms with van der Waals surface area (Å²) in [6.07, 6.45) is 3.55. The van der Waals surface area contributed by atoms with Crippen molar-refractivity contribution < 1.29 is 19.1 Å². The van der Waals surface area contributed by atoms with Crippen molar-refractivity contribution in [2.24, 2.45) is 5.92 Å². The summed E-state index contributed by atoms with van der Waals surface area (Å²) in [7, 11) is 1.31.